The summed E-state index contributed by atoms with van der Waals surface area (Å²) in [5, 5.41) is 8.87. The maximum Gasteiger partial charge on any atom is 0.165 e. The summed E-state index contributed by atoms with van der Waals surface area (Å²) in [5.41, 5.74) is 0.702. The minimum atomic E-state index is -0.630. The molecule has 0 radical (unpaired) electrons. The summed E-state index contributed by atoms with van der Waals surface area (Å²) in [7, 11) is 0. The van der Waals surface area contributed by atoms with Crippen LogP contribution in [0, 0.1) is 18.2 Å². The van der Waals surface area contributed by atoms with Crippen molar-refractivity contribution in [2.24, 2.45) is 0 Å². The molecule has 0 aliphatic carbocycles. The van der Waals surface area contributed by atoms with Crippen LogP contribution in [0.2, 0.25) is 0 Å². The van der Waals surface area contributed by atoms with Crippen molar-refractivity contribution in [3.63, 3.8) is 0 Å². The van der Waals surface area contributed by atoms with Crippen LogP contribution >= 0.6 is 0 Å². The monoisotopic (exact) mass is 164 g/mol. The Labute approximate surface area is 70.9 Å². The molecule has 12 heavy (non-hydrogen) atoms. The van der Waals surface area contributed by atoms with Gasteiger partial charge in [0.15, 0.2) is 11.6 Å². The molecule has 0 spiro atoms. The van der Waals surface area contributed by atoms with Gasteiger partial charge in [0, 0.05) is 5.92 Å². The molecule has 0 saturated carbocycles. The highest BCUT2D eigenvalue weighted by molar-refractivity contribution is 5.32. The lowest BCUT2D eigenvalue weighted by Crippen LogP contribution is -1.90. The number of hydrogen-bond acceptors (Lipinski definition) is 1. The van der Waals surface area contributed by atoms with Crippen LogP contribution in [0.15, 0.2) is 18.2 Å². The average molecular weight is 164 g/mol. The zero-order chi connectivity index (χ0) is 9.14. The number of phenolic OH excluding ortho intramolecular Hbond substituents is 1. The Bertz CT molecular complexity index is 325. The summed E-state index contributed by atoms with van der Waals surface area (Å²) in [6.07, 6.45) is 5.16. The van der Waals surface area contributed by atoms with Crippen LogP contribution in [0.3, 0.4) is 0 Å². The molecule has 1 unspecified atom stereocenters. The van der Waals surface area contributed by atoms with E-state index in [-0.39, 0.29) is 11.7 Å². The fraction of sp³-hybridized carbons (Fsp3) is 0.200. The topological polar surface area (TPSA) is 20.2 Å². The summed E-state index contributed by atoms with van der Waals surface area (Å²) in [4.78, 5) is 0. The van der Waals surface area contributed by atoms with E-state index in [1.54, 1.807) is 13.0 Å². The van der Waals surface area contributed by atoms with E-state index in [1.807, 2.05) is 0 Å². The molecule has 0 bridgehead atoms. The van der Waals surface area contributed by atoms with Gasteiger partial charge in [-0.3, -0.25) is 0 Å². The zero-order valence-electron chi connectivity index (χ0n) is 6.71. The molecule has 1 nitrogen and oxygen atoms in total. The van der Waals surface area contributed by atoms with Crippen LogP contribution in [0.25, 0.3) is 0 Å². The Kier molecular flexibility index (Phi) is 2.35. The highest BCUT2D eigenvalue weighted by atomic mass is 19.1. The summed E-state index contributed by atoms with van der Waals surface area (Å²) >= 11 is 0. The Morgan fingerprint density at radius 3 is 2.75 bits per heavy atom. The maximum atomic E-state index is 12.8. The molecule has 2 heteroatoms. The standard InChI is InChI=1S/C10H9FO/c1-3-7(2)8-4-5-10(12)9(11)6-8/h1,4-7,12H,2H3. The number of halogens is 1. The number of benzene rings is 1. The lowest BCUT2D eigenvalue weighted by atomic mass is 10.0. The quantitative estimate of drug-likeness (QED) is 0.631. The Morgan fingerprint density at radius 1 is 1.58 bits per heavy atom. The van der Waals surface area contributed by atoms with E-state index in [2.05, 4.69) is 5.92 Å². The van der Waals surface area contributed by atoms with Gasteiger partial charge in [-0.25, -0.2) is 4.39 Å². The first-order valence-electron chi connectivity index (χ1n) is 3.59. The summed E-state index contributed by atoms with van der Waals surface area (Å²) in [6.45, 7) is 1.80. The Morgan fingerprint density at radius 2 is 2.25 bits per heavy atom. The van der Waals surface area contributed by atoms with Gasteiger partial charge >= 0.3 is 0 Å². The molecule has 1 atom stereocenters. The molecule has 0 aliphatic rings. The predicted molar refractivity (Wildman–Crippen MR) is 45.3 cm³/mol. The fourth-order valence-corrected chi connectivity index (χ4v) is 0.889. The number of aromatic hydroxyl groups is 1. The van der Waals surface area contributed by atoms with E-state index >= 15 is 0 Å². The first kappa shape index (κ1) is 8.61. The van der Waals surface area contributed by atoms with E-state index in [0.717, 1.165) is 0 Å². The van der Waals surface area contributed by atoms with Crippen molar-refractivity contribution in [1.82, 2.24) is 0 Å². The lowest BCUT2D eigenvalue weighted by molar-refractivity contribution is 0.431. The third-order valence-electron chi connectivity index (χ3n) is 1.72. The van der Waals surface area contributed by atoms with Crippen LogP contribution in [-0.2, 0) is 0 Å². The molecule has 1 rings (SSSR count). The van der Waals surface area contributed by atoms with E-state index in [4.69, 9.17) is 11.5 Å². The molecule has 0 amide bonds. The van der Waals surface area contributed by atoms with Gasteiger partial charge in [0.05, 0.1) is 0 Å². The van der Waals surface area contributed by atoms with Gasteiger partial charge in [0.25, 0.3) is 0 Å². The smallest absolute Gasteiger partial charge is 0.165 e. The summed E-state index contributed by atoms with van der Waals surface area (Å²) in [6, 6.07) is 4.17. The van der Waals surface area contributed by atoms with Crippen molar-refractivity contribution in [1.29, 1.82) is 0 Å². The summed E-state index contributed by atoms with van der Waals surface area (Å²) in [5.74, 6) is 1.38. The first-order chi connectivity index (χ1) is 5.65. The third-order valence-corrected chi connectivity index (χ3v) is 1.72. The normalized spacial score (nSPS) is 12.1. The lowest BCUT2D eigenvalue weighted by Gasteiger charge is -2.04. The van der Waals surface area contributed by atoms with Crippen LogP contribution in [0.1, 0.15) is 18.4 Å². The van der Waals surface area contributed by atoms with Crippen LogP contribution < -0.4 is 0 Å². The SMILES string of the molecule is C#CC(C)c1ccc(O)c(F)c1. The van der Waals surface area contributed by atoms with Crippen LogP contribution in [0.4, 0.5) is 4.39 Å². The number of terminal acetylenes is 1. The largest absolute Gasteiger partial charge is 0.505 e. The second kappa shape index (κ2) is 3.27. The first-order valence-corrected chi connectivity index (χ1v) is 3.59. The van der Waals surface area contributed by atoms with Gasteiger partial charge in [-0.05, 0) is 24.6 Å². The van der Waals surface area contributed by atoms with Gasteiger partial charge in [0.2, 0.25) is 0 Å². The molecule has 1 N–H and O–H groups in total. The van der Waals surface area contributed by atoms with Crippen molar-refractivity contribution in [3.05, 3.63) is 29.6 Å². The molecule has 0 saturated heterocycles. The average Bonchev–Trinajstić information content (AvgIpc) is 2.08. The third kappa shape index (κ3) is 1.57. The van der Waals surface area contributed by atoms with Crippen LogP contribution in [0.5, 0.6) is 5.75 Å². The molecular weight excluding hydrogens is 155 g/mol. The summed E-state index contributed by atoms with van der Waals surface area (Å²) < 4.78 is 12.8. The number of rotatable bonds is 1. The highest BCUT2D eigenvalue weighted by Gasteiger charge is 2.05. The van der Waals surface area contributed by atoms with Gasteiger partial charge in [-0.2, -0.15) is 0 Å². The Hall–Kier alpha value is -1.49. The molecular formula is C10H9FO. The van der Waals surface area contributed by atoms with Crippen LogP contribution in [-0.4, -0.2) is 5.11 Å². The van der Waals surface area contributed by atoms with Crippen molar-refractivity contribution in [2.75, 3.05) is 0 Å². The Balaban J connectivity index is 3.06. The van der Waals surface area contributed by atoms with Gasteiger partial charge < -0.3 is 5.11 Å². The minimum absolute atomic E-state index is 0.125. The second-order valence-corrected chi connectivity index (χ2v) is 2.60. The molecule has 62 valence electrons. The maximum absolute atomic E-state index is 12.8. The minimum Gasteiger partial charge on any atom is -0.505 e. The fourth-order valence-electron chi connectivity index (χ4n) is 0.889. The van der Waals surface area contributed by atoms with Gasteiger partial charge in [-0.1, -0.05) is 12.0 Å². The van der Waals surface area contributed by atoms with E-state index < -0.39 is 5.82 Å². The zero-order valence-corrected chi connectivity index (χ0v) is 6.71. The molecule has 1 aromatic carbocycles. The van der Waals surface area contributed by atoms with Crippen molar-refractivity contribution in [3.8, 4) is 18.1 Å². The highest BCUT2D eigenvalue weighted by Crippen LogP contribution is 2.21. The van der Waals surface area contributed by atoms with Gasteiger partial charge in [0.1, 0.15) is 0 Å². The molecule has 0 aliphatic heterocycles. The number of phenols is 1. The van der Waals surface area contributed by atoms with E-state index in [1.165, 1.54) is 12.1 Å². The molecule has 0 fully saturated rings. The predicted octanol–water partition coefficient (Wildman–Crippen LogP) is 2.27. The van der Waals surface area contributed by atoms with E-state index in [9.17, 15) is 4.39 Å². The van der Waals surface area contributed by atoms with Gasteiger partial charge in [-0.15, -0.1) is 6.42 Å². The van der Waals surface area contributed by atoms with Crippen molar-refractivity contribution < 1.29 is 9.50 Å². The van der Waals surface area contributed by atoms with E-state index in [0.29, 0.717) is 5.56 Å². The second-order valence-electron chi connectivity index (χ2n) is 2.60. The number of hydrogen-bond donors (Lipinski definition) is 1. The van der Waals surface area contributed by atoms with Crippen molar-refractivity contribution >= 4 is 0 Å². The molecule has 0 heterocycles. The molecule has 1 aromatic rings. The van der Waals surface area contributed by atoms with Crippen molar-refractivity contribution in [2.45, 2.75) is 12.8 Å². The molecule has 0 aromatic heterocycles.